The molecule has 256 valence electrons. The van der Waals surface area contributed by atoms with Crippen LogP contribution in [-0.4, -0.2) is 24.7 Å². The molecule has 1 amide bonds. The number of carbonyl (C=O) groups excluding carboxylic acids is 1. The molecule has 1 aliphatic heterocycles. The van der Waals surface area contributed by atoms with Crippen molar-refractivity contribution in [2.45, 2.75) is 26.5 Å². The second-order valence-electron chi connectivity index (χ2n) is 12.1. The van der Waals surface area contributed by atoms with E-state index >= 15 is 0 Å². The lowest BCUT2D eigenvalue weighted by Crippen LogP contribution is -2.40. The van der Waals surface area contributed by atoms with Crippen LogP contribution in [0, 0.1) is 6.92 Å². The van der Waals surface area contributed by atoms with Gasteiger partial charge in [0, 0.05) is 16.3 Å². The van der Waals surface area contributed by atoms with E-state index in [1.54, 1.807) is 37.8 Å². The van der Waals surface area contributed by atoms with Crippen LogP contribution in [-0.2, 0) is 11.4 Å². The molecule has 0 spiro atoms. The van der Waals surface area contributed by atoms with Gasteiger partial charge in [-0.2, -0.15) is 0 Å². The molecule has 8 nitrogen and oxygen atoms in total. The van der Waals surface area contributed by atoms with Gasteiger partial charge in [-0.25, -0.2) is 4.99 Å². The van der Waals surface area contributed by atoms with E-state index in [0.29, 0.717) is 60.7 Å². The number of hydrogen-bond acceptors (Lipinski definition) is 7. The van der Waals surface area contributed by atoms with Gasteiger partial charge in [0.1, 0.15) is 12.4 Å². The van der Waals surface area contributed by atoms with Crippen molar-refractivity contribution in [1.29, 1.82) is 0 Å². The molecular weight excluding hydrogens is 682 g/mol. The summed E-state index contributed by atoms with van der Waals surface area (Å²) in [6, 6.07) is 31.6. The third-order valence-corrected chi connectivity index (χ3v) is 10.1. The van der Waals surface area contributed by atoms with Crippen molar-refractivity contribution in [2.75, 3.05) is 19.5 Å². The highest BCUT2D eigenvalue weighted by Crippen LogP contribution is 2.36. The normalized spacial score (nSPS) is 14.2. The monoisotopic (exact) mass is 715 g/mol. The summed E-state index contributed by atoms with van der Waals surface area (Å²) in [5.74, 6) is 1.28. The highest BCUT2D eigenvalue weighted by molar-refractivity contribution is 7.07. The fourth-order valence-electron chi connectivity index (χ4n) is 6.28. The molecule has 0 aliphatic carbocycles. The summed E-state index contributed by atoms with van der Waals surface area (Å²) in [7, 11) is 3.11. The van der Waals surface area contributed by atoms with Gasteiger partial charge in [-0.1, -0.05) is 89.7 Å². The fraction of sp³-hybridized carbons (Fsp3) is 0.146. The lowest BCUT2D eigenvalue weighted by molar-refractivity contribution is -0.113. The number of nitrogens with one attached hydrogen (secondary N) is 1. The molecule has 51 heavy (non-hydrogen) atoms. The number of hydrogen-bond donors (Lipinski definition) is 1. The number of rotatable bonds is 9. The van der Waals surface area contributed by atoms with Gasteiger partial charge in [-0.05, 0) is 83.8 Å². The van der Waals surface area contributed by atoms with Crippen LogP contribution in [0.25, 0.3) is 16.8 Å². The Morgan fingerprint density at radius 2 is 1.63 bits per heavy atom. The summed E-state index contributed by atoms with van der Waals surface area (Å²) in [6.45, 7) is 4.04. The third-order valence-electron chi connectivity index (χ3n) is 8.90. The summed E-state index contributed by atoms with van der Waals surface area (Å²) in [6.07, 6.45) is 1.86. The Bertz CT molecular complexity index is 2520. The Hall–Kier alpha value is -5.64. The Labute approximate surface area is 303 Å². The molecule has 6 aromatic rings. The van der Waals surface area contributed by atoms with Crippen molar-refractivity contribution in [2.24, 2.45) is 4.99 Å². The molecular formula is C41H34ClN3O5S. The minimum absolute atomic E-state index is 0.288. The second kappa shape index (κ2) is 14.3. The molecule has 0 unspecified atom stereocenters. The molecule has 0 saturated heterocycles. The summed E-state index contributed by atoms with van der Waals surface area (Å²) in [5, 5.41) is 5.65. The van der Waals surface area contributed by atoms with Gasteiger partial charge in [-0.3, -0.25) is 14.2 Å². The Balaban J connectivity index is 1.39. The fourth-order valence-corrected chi connectivity index (χ4v) is 7.43. The molecule has 1 N–H and O–H groups in total. The SMILES string of the molecule is COc1ccc([C@H]2C(C(=O)Nc3ccccc3C)=C(C)N=c3s/c(=C\c4c(OCc5ccc(Cl)cc5)ccc5ccccc45)c(=O)n32)cc1OC. The number of nitrogens with zero attached hydrogens (tertiary/aromatic N) is 2. The molecule has 0 bridgehead atoms. The average molecular weight is 716 g/mol. The van der Waals surface area contributed by atoms with Crippen molar-refractivity contribution < 1.29 is 19.0 Å². The maximum absolute atomic E-state index is 14.6. The lowest BCUT2D eigenvalue weighted by Gasteiger charge is -2.26. The number of ether oxygens (including phenoxy) is 3. The molecule has 1 aliphatic rings. The summed E-state index contributed by atoms with van der Waals surface area (Å²) in [5.41, 5.74) is 4.54. The van der Waals surface area contributed by atoms with Gasteiger partial charge in [0.25, 0.3) is 11.5 Å². The standard InChI is InChI=1S/C41H34ClN3O5S/c1-24-9-5-8-12-32(24)44-39(46)37-25(2)43-41-45(38(37)28-16-20-34(48-3)35(21-28)49-4)40(47)36(51-41)22-31-30-11-7-6-10-27(30)15-19-33(31)50-23-26-13-17-29(42)18-14-26/h5-22,38H,23H2,1-4H3,(H,44,46)/b36-22-/t38-/m0/s1. The lowest BCUT2D eigenvalue weighted by atomic mass is 9.94. The Morgan fingerprint density at radius 1 is 0.902 bits per heavy atom. The number of fused-ring (bicyclic) bond motifs is 2. The topological polar surface area (TPSA) is 91.2 Å². The number of halogens is 1. The first-order valence-corrected chi connectivity index (χ1v) is 17.5. The number of carbonyl (C=O) groups is 1. The van der Waals surface area contributed by atoms with E-state index in [1.165, 1.54) is 11.3 Å². The number of allylic oxidation sites excluding steroid dienone is 1. The molecule has 0 saturated carbocycles. The first-order valence-electron chi connectivity index (χ1n) is 16.3. The van der Waals surface area contributed by atoms with E-state index < -0.39 is 6.04 Å². The van der Waals surface area contributed by atoms with E-state index in [-0.39, 0.29) is 11.5 Å². The smallest absolute Gasteiger partial charge is 0.271 e. The Morgan fingerprint density at radius 3 is 2.39 bits per heavy atom. The summed E-state index contributed by atoms with van der Waals surface area (Å²) < 4.78 is 19.6. The number of amides is 1. The molecule has 5 aromatic carbocycles. The predicted octanol–water partition coefficient (Wildman–Crippen LogP) is 7.59. The van der Waals surface area contributed by atoms with Crippen LogP contribution in [0.15, 0.2) is 124 Å². The van der Waals surface area contributed by atoms with Gasteiger partial charge in [0.2, 0.25) is 0 Å². The number of thiazole rings is 1. The maximum Gasteiger partial charge on any atom is 0.271 e. The van der Waals surface area contributed by atoms with Gasteiger partial charge in [0.05, 0.1) is 36.1 Å². The third kappa shape index (κ3) is 6.66. The van der Waals surface area contributed by atoms with Crippen LogP contribution in [0.5, 0.6) is 17.2 Å². The molecule has 0 fully saturated rings. The zero-order chi connectivity index (χ0) is 35.6. The first-order chi connectivity index (χ1) is 24.7. The molecule has 1 aromatic heterocycles. The van der Waals surface area contributed by atoms with E-state index in [1.807, 2.05) is 104 Å². The van der Waals surface area contributed by atoms with E-state index in [2.05, 4.69) is 5.32 Å². The average Bonchev–Trinajstić information content (AvgIpc) is 3.45. The minimum atomic E-state index is -0.805. The van der Waals surface area contributed by atoms with Gasteiger partial charge in [0.15, 0.2) is 16.3 Å². The summed E-state index contributed by atoms with van der Waals surface area (Å²) >= 11 is 7.37. The van der Waals surface area contributed by atoms with Crippen molar-refractivity contribution in [1.82, 2.24) is 4.57 Å². The highest BCUT2D eigenvalue weighted by atomic mass is 35.5. The second-order valence-corrected chi connectivity index (χ2v) is 13.5. The van der Waals surface area contributed by atoms with Gasteiger partial charge < -0.3 is 19.5 Å². The van der Waals surface area contributed by atoms with E-state index in [9.17, 15) is 9.59 Å². The van der Waals surface area contributed by atoms with Crippen LogP contribution < -0.4 is 34.4 Å². The number of aromatic nitrogens is 1. The largest absolute Gasteiger partial charge is 0.493 e. The van der Waals surface area contributed by atoms with Crippen molar-refractivity contribution in [3.63, 3.8) is 0 Å². The molecule has 1 atom stereocenters. The van der Waals surface area contributed by atoms with Crippen molar-refractivity contribution in [3.8, 4) is 17.2 Å². The van der Waals surface area contributed by atoms with Crippen LogP contribution in [0.2, 0.25) is 5.02 Å². The number of para-hydroxylation sites is 1. The van der Waals surface area contributed by atoms with Crippen LogP contribution in [0.3, 0.4) is 0 Å². The molecule has 7 rings (SSSR count). The molecule has 0 radical (unpaired) electrons. The zero-order valence-corrected chi connectivity index (χ0v) is 30.0. The Kier molecular flexibility index (Phi) is 9.49. The summed E-state index contributed by atoms with van der Waals surface area (Å²) in [4.78, 5) is 34.1. The van der Waals surface area contributed by atoms with Crippen LogP contribution >= 0.6 is 22.9 Å². The van der Waals surface area contributed by atoms with E-state index in [0.717, 1.165) is 27.5 Å². The van der Waals surface area contributed by atoms with Crippen LogP contribution in [0.1, 0.15) is 35.2 Å². The van der Waals surface area contributed by atoms with Crippen LogP contribution in [0.4, 0.5) is 5.69 Å². The van der Waals surface area contributed by atoms with Crippen molar-refractivity contribution >= 4 is 51.4 Å². The quantitative estimate of drug-likeness (QED) is 0.167. The highest BCUT2D eigenvalue weighted by Gasteiger charge is 2.33. The van der Waals surface area contributed by atoms with E-state index in [4.69, 9.17) is 30.8 Å². The maximum atomic E-state index is 14.6. The number of anilines is 1. The van der Waals surface area contributed by atoms with Gasteiger partial charge >= 0.3 is 0 Å². The molecule has 2 heterocycles. The predicted molar refractivity (Wildman–Crippen MR) is 203 cm³/mol. The minimum Gasteiger partial charge on any atom is -0.493 e. The number of benzene rings is 5. The zero-order valence-electron chi connectivity index (χ0n) is 28.4. The number of aryl methyl sites for hydroxylation is 1. The molecule has 10 heteroatoms. The van der Waals surface area contributed by atoms with Crippen molar-refractivity contribution in [3.05, 3.63) is 161 Å². The number of methoxy groups -OCH3 is 2. The van der Waals surface area contributed by atoms with Gasteiger partial charge in [-0.15, -0.1) is 0 Å². The first kappa shape index (κ1) is 33.8.